The van der Waals surface area contributed by atoms with E-state index >= 15 is 8.78 Å². The van der Waals surface area contributed by atoms with E-state index in [-0.39, 0.29) is 73.1 Å². The van der Waals surface area contributed by atoms with Crippen LogP contribution in [0.25, 0.3) is 22.3 Å². The van der Waals surface area contributed by atoms with Gasteiger partial charge in [0.15, 0.2) is 64.9 Å². The second-order valence-corrected chi connectivity index (χ2v) is 19.7. The van der Waals surface area contributed by atoms with Crippen LogP contribution in [0.4, 0.5) is 20.4 Å². The highest BCUT2D eigenvalue weighted by atomic mass is 32.5. The van der Waals surface area contributed by atoms with Gasteiger partial charge < -0.3 is 34.9 Å². The Morgan fingerprint density at radius 3 is 1.82 bits per heavy atom. The van der Waals surface area contributed by atoms with Crippen molar-refractivity contribution in [2.24, 2.45) is 5.73 Å². The molecule has 6 heterocycles. The molecule has 6 aromatic rings. The number of nitrogens with one attached hydrogen (secondary N) is 3. The molecular weight excluding hydrogens is 969 g/mol. The second-order valence-electron chi connectivity index (χ2n) is 14.7. The number of nitriles is 2. The normalized spacial score (nSPS) is 23.5. The van der Waals surface area contributed by atoms with Crippen LogP contribution in [0.5, 0.6) is 0 Å². The lowest BCUT2D eigenvalue weighted by atomic mass is 10.1. The van der Waals surface area contributed by atoms with Crippen molar-refractivity contribution in [1.82, 2.24) is 44.1 Å². The summed E-state index contributed by atoms with van der Waals surface area (Å²) >= 11 is 11.3. The first-order chi connectivity index (χ1) is 33.0. The predicted octanol–water partition coefficient (Wildman–Crippen LogP) is 4.82. The molecule has 0 bridgehead atoms. The number of fused-ring (bicyclic) bond motifs is 2. The fourth-order valence-corrected chi connectivity index (χ4v) is 10.8. The fraction of sp³-hybridized carbons (Fsp3) is 0.350. The molecule has 2 amide bonds. The van der Waals surface area contributed by atoms with E-state index in [4.69, 9.17) is 62.2 Å². The van der Waals surface area contributed by atoms with E-state index < -0.39 is 74.8 Å². The van der Waals surface area contributed by atoms with E-state index in [1.807, 2.05) is 12.1 Å². The van der Waals surface area contributed by atoms with Gasteiger partial charge in [0.2, 0.25) is 11.8 Å². The molecule has 28 heteroatoms. The van der Waals surface area contributed by atoms with E-state index in [0.29, 0.717) is 11.1 Å². The quantitative estimate of drug-likeness (QED) is 0.0589. The highest BCUT2D eigenvalue weighted by Crippen LogP contribution is 2.51. The number of amides is 2. The molecule has 352 valence electrons. The number of anilines is 2. The molecule has 2 aliphatic heterocycles. The first-order valence-corrected chi connectivity index (χ1v) is 25.4. The summed E-state index contributed by atoms with van der Waals surface area (Å²) in [6.07, 6.45) is -7.29. The van der Waals surface area contributed by atoms with Crippen LogP contribution >= 0.6 is 13.8 Å². The van der Waals surface area contributed by atoms with Crippen LogP contribution < -0.4 is 21.5 Å². The predicted molar refractivity (Wildman–Crippen MR) is 245 cm³/mol. The number of alkyl halides is 2. The summed E-state index contributed by atoms with van der Waals surface area (Å²) in [4.78, 5) is 51.6. The zero-order chi connectivity index (χ0) is 47.8. The van der Waals surface area contributed by atoms with Crippen molar-refractivity contribution in [2.75, 3.05) is 36.9 Å². The third-order valence-electron chi connectivity index (χ3n) is 10.4. The number of carbonyl (C=O) groups is 2. The van der Waals surface area contributed by atoms with Gasteiger partial charge in [0.05, 0.1) is 44.2 Å². The summed E-state index contributed by atoms with van der Waals surface area (Å²) in [5, 5.41) is 26.8. The average Bonchev–Trinajstić information content (AvgIpc) is 4.13. The molecular formula is C40H39F2N14O8P2S2+. The molecule has 0 aliphatic carbocycles. The van der Waals surface area contributed by atoms with Gasteiger partial charge >= 0.3 is 7.15 Å². The Morgan fingerprint density at radius 1 is 0.779 bits per heavy atom. The standard InChI is InChI=1S/C40H38F2N14O8P2S2/c41-27-31(63-65(67)59-15-7-13-43)26(62-39(27)55-21-50-29-33(46-19-48-35(29)55)53-37(57)23-9-3-1-4-10-23)18-52-66(68,60-16-8-14-44)64-32-25(17-45)61-40(28(32)42)56-22-51-30-34(47-20-49-36(30)56)54-38(58)24-11-5-2-6-12-24/h1-6,9-12,19-22,25-28,31-32,39-40H,7-8,15-18,45H2,(H2-,46,47,48,49,52,53,54,57,58,68)/p+1/t25-,26-,27-,28-,31-,32-,39-,40-,66?/m1/s1. The van der Waals surface area contributed by atoms with E-state index in [0.717, 1.165) is 0 Å². The van der Waals surface area contributed by atoms with Crippen molar-refractivity contribution in [3.63, 3.8) is 0 Å². The Morgan fingerprint density at radius 2 is 1.29 bits per heavy atom. The molecule has 2 fully saturated rings. The summed E-state index contributed by atoms with van der Waals surface area (Å²) in [5.41, 5.74) is 7.33. The Kier molecular flexibility index (Phi) is 15.8. The Labute approximate surface area is 396 Å². The van der Waals surface area contributed by atoms with Crippen molar-refractivity contribution >= 4 is 83.2 Å². The number of halogens is 2. The molecule has 0 spiro atoms. The molecule has 10 atom stereocenters. The number of hydrogen-bond donors (Lipinski definition) is 4. The maximum atomic E-state index is 16.9. The van der Waals surface area contributed by atoms with Crippen LogP contribution in [0.1, 0.15) is 46.0 Å². The van der Waals surface area contributed by atoms with Crippen molar-refractivity contribution in [2.45, 2.75) is 62.1 Å². The second kappa shape index (κ2) is 22.1. The smallest absolute Gasteiger partial charge is 0.347 e. The number of nitrogens with two attached hydrogens (primary N) is 1. The van der Waals surface area contributed by atoms with Crippen LogP contribution in [-0.2, 0) is 51.2 Å². The topological polar surface area (TPSA) is 286 Å². The van der Waals surface area contributed by atoms with Gasteiger partial charge in [-0.25, -0.2) is 43.8 Å². The molecule has 68 heavy (non-hydrogen) atoms. The first kappa shape index (κ1) is 48.6. The summed E-state index contributed by atoms with van der Waals surface area (Å²) < 4.78 is 72.4. The molecule has 0 saturated carbocycles. The van der Waals surface area contributed by atoms with Crippen LogP contribution in [0.2, 0.25) is 0 Å². The lowest BCUT2D eigenvalue weighted by molar-refractivity contribution is -0.0199. The highest BCUT2D eigenvalue weighted by molar-refractivity contribution is 8.09. The Hall–Kier alpha value is -5.83. The van der Waals surface area contributed by atoms with Crippen LogP contribution in [-0.4, -0.2) is 114 Å². The molecule has 2 unspecified atom stereocenters. The molecule has 5 N–H and O–H groups in total. The van der Waals surface area contributed by atoms with Crippen molar-refractivity contribution in [1.29, 1.82) is 10.5 Å². The summed E-state index contributed by atoms with van der Waals surface area (Å²) in [7, 11) is -2.18. The largest absolute Gasteiger partial charge is 0.522 e. The molecule has 2 saturated heterocycles. The number of rotatable bonds is 20. The Balaban J connectivity index is 1.02. The van der Waals surface area contributed by atoms with E-state index in [2.05, 4.69) is 45.6 Å². The number of aromatic nitrogens is 8. The average molecular weight is 1010 g/mol. The van der Waals surface area contributed by atoms with E-state index in [9.17, 15) is 14.9 Å². The van der Waals surface area contributed by atoms with Crippen LogP contribution in [0, 0.1) is 22.7 Å². The number of carbonyl (C=O) groups excluding carboxylic acids is 2. The molecule has 22 nitrogen and oxygen atoms in total. The molecule has 2 aliphatic rings. The highest BCUT2D eigenvalue weighted by Gasteiger charge is 2.53. The van der Waals surface area contributed by atoms with Gasteiger partial charge in [-0.3, -0.25) is 18.7 Å². The zero-order valence-electron chi connectivity index (χ0n) is 35.2. The lowest BCUT2D eigenvalue weighted by Crippen LogP contribution is -2.40. The maximum Gasteiger partial charge on any atom is 0.522 e. The molecule has 4 aromatic heterocycles. The maximum absolute atomic E-state index is 16.9. The van der Waals surface area contributed by atoms with Gasteiger partial charge in [0.1, 0.15) is 37.6 Å². The first-order valence-electron chi connectivity index (χ1n) is 20.6. The van der Waals surface area contributed by atoms with Crippen LogP contribution in [0.15, 0.2) is 86.0 Å². The lowest BCUT2D eigenvalue weighted by Gasteiger charge is -2.29. The van der Waals surface area contributed by atoms with Crippen molar-refractivity contribution in [3.05, 3.63) is 97.1 Å². The minimum atomic E-state index is -3.88. The minimum absolute atomic E-state index is 0.000754. The SMILES string of the molecule is N#CCCO[P+](=S)O[C@H]1[C@@H](F)[C@H](n2cnc3c(NC(=O)c4ccccc4)ncnc32)O[C@@H]1CNP(=S)(OCCC#N)O[C@H]1[C@@H](F)[C@H](n2cnc3c(NC(=O)c4ccccc4)ncnc32)O[C@@H]1CN. The monoisotopic (exact) mass is 1010 g/mol. The Bertz CT molecular complexity index is 2920. The van der Waals surface area contributed by atoms with E-state index in [1.165, 1.54) is 34.4 Å². The van der Waals surface area contributed by atoms with Gasteiger partial charge in [-0.05, 0) is 36.1 Å². The summed E-state index contributed by atoms with van der Waals surface area (Å²) in [5.74, 6) is -0.792. The number of benzene rings is 2. The van der Waals surface area contributed by atoms with Gasteiger partial charge in [-0.2, -0.15) is 10.5 Å². The third kappa shape index (κ3) is 10.7. The van der Waals surface area contributed by atoms with Crippen molar-refractivity contribution < 1.29 is 45.9 Å². The summed E-state index contributed by atoms with van der Waals surface area (Å²) in [6, 6.07) is 20.7. The van der Waals surface area contributed by atoms with Gasteiger partial charge in [-0.15, -0.1) is 9.05 Å². The summed E-state index contributed by atoms with van der Waals surface area (Å²) in [6.45, 7) is -4.77. The number of imidazole rings is 2. The third-order valence-corrected chi connectivity index (χ3v) is 14.4. The molecule has 8 rings (SSSR count). The van der Waals surface area contributed by atoms with E-state index in [1.54, 1.807) is 60.7 Å². The van der Waals surface area contributed by atoms with Gasteiger partial charge in [-0.1, -0.05) is 36.4 Å². The van der Waals surface area contributed by atoms with Crippen molar-refractivity contribution in [3.8, 4) is 12.1 Å². The number of ether oxygens (including phenoxy) is 2. The van der Waals surface area contributed by atoms with Gasteiger partial charge in [0, 0.05) is 24.2 Å². The molecule has 2 aromatic carbocycles. The fourth-order valence-electron chi connectivity index (χ4n) is 7.22. The number of hydrogen-bond acceptors (Lipinski definition) is 19. The molecule has 0 radical (unpaired) electrons. The number of nitrogens with zero attached hydrogens (tertiary/aromatic N) is 10. The minimum Gasteiger partial charge on any atom is -0.347 e. The zero-order valence-corrected chi connectivity index (χ0v) is 38.6. The van der Waals surface area contributed by atoms with Gasteiger partial charge in [0.25, 0.3) is 18.5 Å². The van der Waals surface area contributed by atoms with Crippen LogP contribution in [0.3, 0.4) is 0 Å².